The summed E-state index contributed by atoms with van der Waals surface area (Å²) in [6.45, 7) is -0.964. The molecule has 1 N–H and O–H groups in total. The van der Waals surface area contributed by atoms with Crippen molar-refractivity contribution in [1.29, 1.82) is 0 Å². The van der Waals surface area contributed by atoms with Gasteiger partial charge in [-0.3, -0.25) is 4.79 Å². The molecule has 0 aliphatic carbocycles. The molecule has 1 aromatic carbocycles. The summed E-state index contributed by atoms with van der Waals surface area (Å²) in [6, 6.07) is 9.79. The summed E-state index contributed by atoms with van der Waals surface area (Å²) in [5.41, 5.74) is 1.07. The first kappa shape index (κ1) is 11.0. The van der Waals surface area contributed by atoms with Gasteiger partial charge in [0.2, 0.25) is 0 Å². The Kier molecular flexibility index (Phi) is 3.41. The van der Waals surface area contributed by atoms with E-state index in [2.05, 4.69) is 4.72 Å². The second kappa shape index (κ2) is 4.99. The minimum absolute atomic E-state index is 0.556. The number of hydrogen-bond acceptors (Lipinski definition) is 1. The molecule has 2 rings (SSSR count). The van der Waals surface area contributed by atoms with Gasteiger partial charge in [0.1, 0.15) is 0 Å². The number of allylic oxidation sites excluding steroid dienone is 2. The fourth-order valence-corrected chi connectivity index (χ4v) is 3.10. The molecule has 1 atom stereocenters. The number of nitrogens with one attached hydrogen (secondary N) is 1. The van der Waals surface area contributed by atoms with Crippen molar-refractivity contribution in [2.24, 2.45) is 0 Å². The lowest BCUT2D eigenvalue weighted by Crippen LogP contribution is -2.20. The Labute approximate surface area is 96.3 Å². The van der Waals surface area contributed by atoms with Crippen LogP contribution in [-0.4, -0.2) is 12.6 Å². The number of alkyl halides is 1. The Morgan fingerprint density at radius 3 is 2.75 bits per heavy atom. The third-order valence-corrected chi connectivity index (χ3v) is 4.07. The van der Waals surface area contributed by atoms with Crippen molar-refractivity contribution in [3.8, 4) is 0 Å². The van der Waals surface area contributed by atoms with E-state index in [-0.39, 0.29) is 0 Å². The van der Waals surface area contributed by atoms with Gasteiger partial charge in [-0.2, -0.15) is 0 Å². The van der Waals surface area contributed by atoms with Crippen molar-refractivity contribution in [3.63, 3.8) is 0 Å². The van der Waals surface area contributed by atoms with Crippen LogP contribution in [0, 0.1) is 0 Å². The van der Waals surface area contributed by atoms with Gasteiger partial charge in [-0.15, -0.1) is 11.1 Å². The van der Waals surface area contributed by atoms with E-state index in [4.69, 9.17) is 0 Å². The topological polar surface area (TPSA) is 29.1 Å². The molecule has 4 heteroatoms. The van der Waals surface area contributed by atoms with Crippen LogP contribution in [0.1, 0.15) is 5.56 Å². The van der Waals surface area contributed by atoms with E-state index in [1.165, 1.54) is 0 Å². The lowest BCUT2D eigenvalue weighted by atomic mass is 10.2. The molecule has 16 heavy (non-hydrogen) atoms. The number of amides is 1. The van der Waals surface area contributed by atoms with E-state index in [0.717, 1.165) is 10.5 Å². The lowest BCUT2D eigenvalue weighted by molar-refractivity contribution is -0.120. The van der Waals surface area contributed by atoms with E-state index in [1.807, 2.05) is 47.9 Å². The van der Waals surface area contributed by atoms with Gasteiger partial charge in [-0.05, 0) is 17.0 Å². The van der Waals surface area contributed by atoms with E-state index in [0.29, 0.717) is 0 Å². The highest BCUT2D eigenvalue weighted by atomic mass is 32.2. The monoisotopic (exact) mass is 237 g/mol. The Hall–Kier alpha value is -1.55. The predicted octanol–water partition coefficient (Wildman–Crippen LogP) is 2.56. The molecule has 0 spiro atoms. The van der Waals surface area contributed by atoms with Gasteiger partial charge >= 0.3 is 0 Å². The number of rotatable bonds is 3. The van der Waals surface area contributed by atoms with Crippen molar-refractivity contribution in [2.75, 3.05) is 6.67 Å². The molecule has 1 heterocycles. The van der Waals surface area contributed by atoms with Crippen molar-refractivity contribution in [2.45, 2.75) is 0 Å². The summed E-state index contributed by atoms with van der Waals surface area (Å²) in [5.74, 6) is -0.556. The number of halogens is 1. The van der Waals surface area contributed by atoms with Gasteiger partial charge in [0.05, 0.1) is 0 Å². The Balaban J connectivity index is 2.14. The molecular formula is C12H12FNOS. The quantitative estimate of drug-likeness (QED) is 0.777. The zero-order valence-electron chi connectivity index (χ0n) is 8.56. The van der Waals surface area contributed by atoms with Crippen molar-refractivity contribution in [3.05, 3.63) is 53.5 Å². The maximum Gasteiger partial charge on any atom is 0.260 e. The largest absolute Gasteiger partial charge is 0.311 e. The fraction of sp³-hybridized carbons (Fsp3) is 0.0833. The average molecular weight is 237 g/mol. The smallest absolute Gasteiger partial charge is 0.260 e. The van der Waals surface area contributed by atoms with Crippen molar-refractivity contribution < 1.29 is 9.18 Å². The molecule has 1 amide bonds. The third kappa shape index (κ3) is 2.33. The predicted molar refractivity (Wildman–Crippen MR) is 66.7 cm³/mol. The van der Waals surface area contributed by atoms with Gasteiger partial charge in [-0.25, -0.2) is 4.39 Å². The van der Waals surface area contributed by atoms with E-state index < -0.39 is 23.7 Å². The Morgan fingerprint density at radius 2 is 2.06 bits per heavy atom. The second-order valence-electron chi connectivity index (χ2n) is 3.30. The first-order valence-electron chi connectivity index (χ1n) is 4.90. The molecule has 84 valence electrons. The zero-order chi connectivity index (χ0) is 11.4. The second-order valence-corrected chi connectivity index (χ2v) is 5.04. The number of thiol groups is 1. The van der Waals surface area contributed by atoms with Crippen LogP contribution in [0.15, 0.2) is 47.9 Å². The number of carbonyl (C=O) groups excluding carboxylic acids is 1. The van der Waals surface area contributed by atoms with E-state index in [1.54, 1.807) is 0 Å². The standard InChI is InChI=1S/C12H12FNOS/c13-9-12(15)14-16-8-4-7-11(16)10-5-2-1-3-6-10/h1-8,16H,9H2,(H,14,15). The van der Waals surface area contributed by atoms with Crippen molar-refractivity contribution in [1.82, 2.24) is 4.72 Å². The molecule has 0 bridgehead atoms. The van der Waals surface area contributed by atoms with E-state index in [9.17, 15) is 9.18 Å². The van der Waals surface area contributed by atoms with Gasteiger partial charge < -0.3 is 4.72 Å². The summed E-state index contributed by atoms with van der Waals surface area (Å²) < 4.78 is 14.8. The average Bonchev–Trinajstić information content (AvgIpc) is 2.78. The molecule has 0 fully saturated rings. The lowest BCUT2D eigenvalue weighted by Gasteiger charge is -2.19. The number of carbonyl (C=O) groups is 1. The molecule has 0 radical (unpaired) electrons. The highest BCUT2D eigenvalue weighted by molar-refractivity contribution is 8.26. The summed E-state index contributed by atoms with van der Waals surface area (Å²) in [5, 5.41) is 1.91. The normalized spacial score (nSPS) is 20.6. The van der Waals surface area contributed by atoms with Gasteiger partial charge in [0, 0.05) is 4.91 Å². The molecule has 1 aromatic rings. The molecular weight excluding hydrogens is 225 g/mol. The SMILES string of the molecule is O=C(CF)N[SH]1C=CC=C1c1ccccc1. The van der Waals surface area contributed by atoms with Crippen LogP contribution < -0.4 is 4.72 Å². The minimum Gasteiger partial charge on any atom is -0.311 e. The van der Waals surface area contributed by atoms with Gasteiger partial charge in [0.25, 0.3) is 5.91 Å². The first-order chi connectivity index (χ1) is 7.81. The molecule has 1 aliphatic heterocycles. The highest BCUT2D eigenvalue weighted by Crippen LogP contribution is 2.43. The number of benzene rings is 1. The van der Waals surface area contributed by atoms with Gasteiger partial charge in [-0.1, -0.05) is 36.4 Å². The third-order valence-electron chi connectivity index (χ3n) is 2.18. The van der Waals surface area contributed by atoms with Crippen LogP contribution in [0.4, 0.5) is 4.39 Å². The summed E-state index contributed by atoms with van der Waals surface area (Å²) in [6.07, 6.45) is 3.85. The molecule has 0 saturated heterocycles. The Bertz CT molecular complexity index is 442. The number of hydrogen-bond donors (Lipinski definition) is 2. The van der Waals surface area contributed by atoms with E-state index >= 15 is 0 Å². The van der Waals surface area contributed by atoms with Crippen LogP contribution in [0.5, 0.6) is 0 Å². The fourth-order valence-electron chi connectivity index (χ4n) is 1.49. The van der Waals surface area contributed by atoms with Crippen molar-refractivity contribution >= 4 is 21.9 Å². The molecule has 2 nitrogen and oxygen atoms in total. The highest BCUT2D eigenvalue weighted by Gasteiger charge is 2.14. The van der Waals surface area contributed by atoms with Crippen LogP contribution in [-0.2, 0) is 4.79 Å². The molecule has 0 saturated carbocycles. The first-order valence-corrected chi connectivity index (χ1v) is 6.31. The van der Waals surface area contributed by atoms with Gasteiger partial charge in [0.15, 0.2) is 6.67 Å². The van der Waals surface area contributed by atoms with Crippen LogP contribution in [0.3, 0.4) is 0 Å². The van der Waals surface area contributed by atoms with Crippen LogP contribution in [0.2, 0.25) is 0 Å². The summed E-state index contributed by atoms with van der Waals surface area (Å²) >= 11 is -0.889. The summed E-state index contributed by atoms with van der Waals surface area (Å²) in [7, 11) is 0. The molecule has 1 unspecified atom stereocenters. The summed E-state index contributed by atoms with van der Waals surface area (Å²) in [4.78, 5) is 12.1. The maximum atomic E-state index is 12.1. The molecule has 0 aromatic heterocycles. The minimum atomic E-state index is -0.964. The molecule has 1 aliphatic rings. The Morgan fingerprint density at radius 1 is 1.31 bits per heavy atom. The maximum absolute atomic E-state index is 12.1. The van der Waals surface area contributed by atoms with Crippen LogP contribution in [0.25, 0.3) is 4.91 Å². The van der Waals surface area contributed by atoms with Crippen LogP contribution >= 0.6 is 11.1 Å². The zero-order valence-corrected chi connectivity index (χ0v) is 9.45.